The molecule has 0 N–H and O–H groups in total. The summed E-state index contributed by atoms with van der Waals surface area (Å²) >= 11 is 0. The van der Waals surface area contributed by atoms with E-state index in [1.54, 1.807) is 30.3 Å². The molecular weight excluding hydrogens is 372 g/mol. The molecule has 1 fully saturated rings. The van der Waals surface area contributed by atoms with Crippen molar-refractivity contribution in [1.82, 2.24) is 4.98 Å². The monoisotopic (exact) mass is 396 g/mol. The van der Waals surface area contributed by atoms with Gasteiger partial charge in [-0.25, -0.2) is 4.98 Å². The van der Waals surface area contributed by atoms with Crippen molar-refractivity contribution in [1.29, 1.82) is 0 Å². The molecule has 0 saturated carbocycles. The van der Waals surface area contributed by atoms with Gasteiger partial charge in [-0.2, -0.15) is 0 Å². The summed E-state index contributed by atoms with van der Waals surface area (Å²) in [5, 5.41) is 1.06. The molecule has 0 aliphatic carbocycles. The molecule has 0 bridgehead atoms. The Hall–Kier alpha value is -3.58. The van der Waals surface area contributed by atoms with Gasteiger partial charge in [-0.15, -0.1) is 6.42 Å². The van der Waals surface area contributed by atoms with Gasteiger partial charge in [0.1, 0.15) is 18.2 Å². The van der Waals surface area contributed by atoms with Crippen LogP contribution in [0.25, 0.3) is 17.0 Å². The maximum absolute atomic E-state index is 12.8. The van der Waals surface area contributed by atoms with Crippen LogP contribution in [0.5, 0.6) is 5.75 Å². The standard InChI is InChI=1S/C26H24N2O2/c1-2-17-30-23-11-8-10-21(19-23)25(29)14-13-22-18-20-9-4-5-12-24(20)27-26(22)28-15-6-3-7-16-28/h1,4-5,8-14,18-19H,3,6-7,15-17H2/b14-13+. The minimum absolute atomic E-state index is 0.0843. The van der Waals surface area contributed by atoms with Gasteiger partial charge < -0.3 is 9.64 Å². The van der Waals surface area contributed by atoms with E-state index in [-0.39, 0.29) is 12.4 Å². The van der Waals surface area contributed by atoms with E-state index < -0.39 is 0 Å². The highest BCUT2D eigenvalue weighted by Crippen LogP contribution is 2.27. The first-order valence-electron chi connectivity index (χ1n) is 10.3. The second-order valence-electron chi connectivity index (χ2n) is 7.36. The Morgan fingerprint density at radius 1 is 1.10 bits per heavy atom. The minimum atomic E-state index is -0.0843. The number of fused-ring (bicyclic) bond motifs is 1. The number of hydrogen-bond donors (Lipinski definition) is 0. The number of ketones is 1. The summed E-state index contributed by atoms with van der Waals surface area (Å²) in [4.78, 5) is 20.0. The van der Waals surface area contributed by atoms with E-state index in [0.29, 0.717) is 11.3 Å². The number of hydrogen-bond acceptors (Lipinski definition) is 4. The third kappa shape index (κ3) is 4.52. The molecule has 0 spiro atoms. The van der Waals surface area contributed by atoms with Crippen LogP contribution >= 0.6 is 0 Å². The van der Waals surface area contributed by atoms with Crippen molar-refractivity contribution >= 4 is 28.6 Å². The van der Waals surface area contributed by atoms with E-state index >= 15 is 0 Å². The van der Waals surface area contributed by atoms with Crippen LogP contribution < -0.4 is 9.64 Å². The second kappa shape index (κ2) is 9.28. The van der Waals surface area contributed by atoms with Crippen LogP contribution in [0, 0.1) is 12.3 Å². The van der Waals surface area contributed by atoms with Gasteiger partial charge in [0.05, 0.1) is 5.52 Å². The third-order valence-electron chi connectivity index (χ3n) is 5.24. The predicted molar refractivity (Wildman–Crippen MR) is 122 cm³/mol. The Kier molecular flexibility index (Phi) is 6.10. The number of carbonyl (C=O) groups is 1. The lowest BCUT2D eigenvalue weighted by atomic mass is 10.1. The molecule has 150 valence electrons. The number of nitrogens with zero attached hydrogens (tertiary/aromatic N) is 2. The van der Waals surface area contributed by atoms with Crippen molar-refractivity contribution in [2.24, 2.45) is 0 Å². The molecule has 1 aliphatic rings. The number of anilines is 1. The SMILES string of the molecule is C#CCOc1cccc(C(=O)/C=C/c2cc3ccccc3nc2N2CCCCC2)c1. The molecule has 4 nitrogen and oxygen atoms in total. The van der Waals surface area contributed by atoms with Crippen molar-refractivity contribution in [3.63, 3.8) is 0 Å². The van der Waals surface area contributed by atoms with Crippen LogP contribution in [-0.4, -0.2) is 30.5 Å². The van der Waals surface area contributed by atoms with Crippen LogP contribution in [0.4, 0.5) is 5.82 Å². The Morgan fingerprint density at radius 3 is 2.77 bits per heavy atom. The van der Waals surface area contributed by atoms with Crippen LogP contribution in [0.2, 0.25) is 0 Å². The number of carbonyl (C=O) groups excluding carboxylic acids is 1. The van der Waals surface area contributed by atoms with Gasteiger partial charge in [-0.3, -0.25) is 4.79 Å². The molecule has 0 atom stereocenters. The first kappa shape index (κ1) is 19.7. The fraction of sp³-hybridized carbons (Fsp3) is 0.231. The predicted octanol–water partition coefficient (Wildman–Crippen LogP) is 5.13. The van der Waals surface area contributed by atoms with Gasteiger partial charge in [-0.1, -0.05) is 36.3 Å². The zero-order chi connectivity index (χ0) is 20.8. The number of rotatable bonds is 6. The second-order valence-corrected chi connectivity index (χ2v) is 7.36. The number of para-hydroxylation sites is 1. The van der Waals surface area contributed by atoms with Gasteiger partial charge in [0.15, 0.2) is 5.78 Å². The van der Waals surface area contributed by atoms with E-state index in [2.05, 4.69) is 16.9 Å². The summed E-state index contributed by atoms with van der Waals surface area (Å²) in [5.41, 5.74) is 2.50. The highest BCUT2D eigenvalue weighted by Gasteiger charge is 2.16. The highest BCUT2D eigenvalue weighted by molar-refractivity contribution is 6.07. The maximum atomic E-state index is 12.8. The summed E-state index contributed by atoms with van der Waals surface area (Å²) in [6, 6.07) is 17.3. The summed E-state index contributed by atoms with van der Waals surface area (Å²) in [5.74, 6) is 3.89. The Balaban J connectivity index is 1.64. The lowest BCUT2D eigenvalue weighted by Gasteiger charge is -2.29. The molecule has 2 aromatic carbocycles. The number of allylic oxidation sites excluding steroid dienone is 1. The van der Waals surface area contributed by atoms with E-state index in [4.69, 9.17) is 16.1 Å². The molecule has 4 heteroatoms. The first-order valence-corrected chi connectivity index (χ1v) is 10.3. The molecule has 2 heterocycles. The van der Waals surface area contributed by atoms with Gasteiger partial charge >= 0.3 is 0 Å². The zero-order valence-electron chi connectivity index (χ0n) is 16.9. The maximum Gasteiger partial charge on any atom is 0.185 e. The number of ether oxygens (including phenoxy) is 1. The number of terminal acetylenes is 1. The van der Waals surface area contributed by atoms with E-state index in [9.17, 15) is 4.79 Å². The van der Waals surface area contributed by atoms with E-state index in [0.717, 1.165) is 35.4 Å². The molecule has 0 radical (unpaired) electrons. The largest absolute Gasteiger partial charge is 0.481 e. The summed E-state index contributed by atoms with van der Waals surface area (Å²) in [7, 11) is 0. The summed E-state index contributed by atoms with van der Waals surface area (Å²) < 4.78 is 5.43. The van der Waals surface area contributed by atoms with Crippen molar-refractivity contribution in [2.75, 3.05) is 24.6 Å². The van der Waals surface area contributed by atoms with Crippen molar-refractivity contribution in [2.45, 2.75) is 19.3 Å². The Bertz CT molecular complexity index is 1120. The van der Waals surface area contributed by atoms with Gasteiger partial charge in [0, 0.05) is 29.6 Å². The number of aromatic nitrogens is 1. The molecule has 0 unspecified atom stereocenters. The zero-order valence-corrected chi connectivity index (χ0v) is 16.9. The third-order valence-corrected chi connectivity index (χ3v) is 5.24. The minimum Gasteiger partial charge on any atom is -0.481 e. The average Bonchev–Trinajstić information content (AvgIpc) is 2.81. The average molecular weight is 396 g/mol. The molecule has 3 aromatic rings. The lowest BCUT2D eigenvalue weighted by Crippen LogP contribution is -2.30. The fourth-order valence-corrected chi connectivity index (χ4v) is 3.73. The normalized spacial score (nSPS) is 14.0. The van der Waals surface area contributed by atoms with Gasteiger partial charge in [-0.05, 0) is 55.7 Å². The fourth-order valence-electron chi connectivity index (χ4n) is 3.73. The Labute approximate surface area is 177 Å². The lowest BCUT2D eigenvalue weighted by molar-refractivity contribution is 0.104. The van der Waals surface area contributed by atoms with Crippen LogP contribution in [0.1, 0.15) is 35.2 Å². The summed E-state index contributed by atoms with van der Waals surface area (Å²) in [6.45, 7) is 2.17. The number of pyridine rings is 1. The molecule has 4 rings (SSSR count). The first-order chi connectivity index (χ1) is 14.7. The van der Waals surface area contributed by atoms with Gasteiger partial charge in [0.25, 0.3) is 0 Å². The quantitative estimate of drug-likeness (QED) is 0.329. The van der Waals surface area contributed by atoms with Crippen LogP contribution in [0.15, 0.2) is 60.7 Å². The molecular formula is C26H24N2O2. The summed E-state index contributed by atoms with van der Waals surface area (Å²) in [6.07, 6.45) is 12.3. The smallest absolute Gasteiger partial charge is 0.185 e. The van der Waals surface area contributed by atoms with Crippen LogP contribution in [-0.2, 0) is 0 Å². The van der Waals surface area contributed by atoms with Crippen molar-refractivity contribution < 1.29 is 9.53 Å². The molecule has 1 aromatic heterocycles. The van der Waals surface area contributed by atoms with Crippen molar-refractivity contribution in [3.8, 4) is 18.1 Å². The Morgan fingerprint density at radius 2 is 1.93 bits per heavy atom. The van der Waals surface area contributed by atoms with E-state index in [1.165, 1.54) is 19.3 Å². The molecule has 1 aliphatic heterocycles. The highest BCUT2D eigenvalue weighted by atomic mass is 16.5. The molecule has 0 amide bonds. The number of benzene rings is 2. The molecule has 1 saturated heterocycles. The number of piperidine rings is 1. The van der Waals surface area contributed by atoms with Crippen molar-refractivity contribution in [3.05, 3.63) is 71.8 Å². The molecule has 30 heavy (non-hydrogen) atoms. The topological polar surface area (TPSA) is 42.4 Å². The van der Waals surface area contributed by atoms with Crippen LogP contribution in [0.3, 0.4) is 0 Å². The van der Waals surface area contributed by atoms with Gasteiger partial charge in [0.2, 0.25) is 0 Å². The van der Waals surface area contributed by atoms with E-state index in [1.807, 2.05) is 30.3 Å².